The zero-order valence-electron chi connectivity index (χ0n) is 68.4. The number of benzene rings is 2. The van der Waals surface area contributed by atoms with E-state index in [1.54, 1.807) is 0 Å². The average molecular weight is 1660 g/mol. The van der Waals surface area contributed by atoms with Crippen molar-refractivity contribution >= 4 is 48.5 Å². The zero-order chi connectivity index (χ0) is 83.8. The van der Waals surface area contributed by atoms with Crippen molar-refractivity contribution in [1.82, 2.24) is 0 Å². The fraction of sp³-hybridized carbons (Fsp3) is 0.644. The summed E-state index contributed by atoms with van der Waals surface area (Å²) in [6, 6.07) is 19.8. The van der Waals surface area contributed by atoms with Crippen LogP contribution < -0.4 is 10.6 Å². The van der Waals surface area contributed by atoms with Crippen LogP contribution in [-0.2, 0) is 27.4 Å². The van der Waals surface area contributed by atoms with Crippen molar-refractivity contribution in [3.05, 3.63) is 168 Å². The molecule has 1 aliphatic heterocycles. The predicted molar refractivity (Wildman–Crippen MR) is 430 cm³/mol. The second kappa shape index (κ2) is 34.5. The summed E-state index contributed by atoms with van der Waals surface area (Å²) in [6.45, 7) is 41.6. The number of carbonyl (C=O) groups excluding carboxylic acids is 1. The highest BCUT2D eigenvalue weighted by Gasteiger charge is 2.72. The normalized spacial score (nSPS) is 27.9. The van der Waals surface area contributed by atoms with Gasteiger partial charge in [0.25, 0.3) is 11.2 Å². The SMILES string of the molecule is C1CCOC1.C=C1/C(=C\C=C2/CCC[C@]3(C)C(C4(C/C=C/C(O)(C(F)(F)F)C(F)(F)F)CC4)=CCC23)CC(O)C[C@@H]1O.C=C1/C(=C\CP(=O)(c2ccccc2)c2ccccc2)CC(O[Si](C)(C)C(C)(C)C)C[C@@H]1O[Si](C)(C)C(C)(C)C.C[C@]12CCCC(=O)C1CC=C2C1(C/C=C/C(O[Si](C)(C)C)(C(F)(F)F)C(F)(F)F)CC1. The zero-order valence-corrected chi connectivity index (χ0v) is 72.3. The Kier molecular flexibility index (Phi) is 28.6. The van der Waals surface area contributed by atoms with Gasteiger partial charge in [0.2, 0.25) is 0 Å². The average Bonchev–Trinajstić information content (AvgIpc) is 1.75. The largest absolute Gasteiger partial charge is 0.429 e. The number of aliphatic hydroxyl groups excluding tert-OH is 2. The molecule has 2 aromatic carbocycles. The first-order valence-corrected chi connectivity index (χ1v) is 51.0. The summed E-state index contributed by atoms with van der Waals surface area (Å²) in [6.07, 6.45) is 2.09. The van der Waals surface area contributed by atoms with Gasteiger partial charge in [-0.3, -0.25) is 4.79 Å². The molecular formula is C87H123F12O9PSi3. The standard InChI is InChI=1S/C33H51O3PSi2.C28H34F6O3.C22H30F6O2Si.C4H8O/c1-26-27(22-23-37(34,29-18-14-12-15-19-29)30-20-16-13-17-21-30)24-28(35-38(8,9)32(2,3)4)25-31(26)36-39(10,11)33(5,6)7;1-17-19(15-20(35)16-22(17)36)7-6-18-5-3-10-24(2)21(18)8-9-23(24)25(13-14-25)11-4-12-26(37,27(29,30)31)28(32,33)34;1-18-10-5-7-16(29)15(18)8-9-17(18)19(13-14-19)11-6-12-20(21(23,24)25,22(26,27)28)30-31(2,3)4;1-2-4-5-3-1/h12-22,28,31H,1,23-25H2,2-11H3;4,6-7,9,12,20-22,35-37H,1,3,5,8,10-11,13-16H2,2H3;6,9,12,15H,5,7-8,10-11,13-14H2,1-4H3;1-4H2/b27-22-;12-4+,18-6+,19-7-;12-6+;/t28?,31-;20?,21?,22-,24-;15?,18-;/m000./s1. The Morgan fingerprint density at radius 3 is 1.49 bits per heavy atom. The quantitative estimate of drug-likeness (QED) is 0.0544. The van der Waals surface area contributed by atoms with Crippen molar-refractivity contribution in [2.75, 3.05) is 19.4 Å². The molecule has 112 heavy (non-hydrogen) atoms. The van der Waals surface area contributed by atoms with Crippen molar-refractivity contribution < 1.29 is 95.4 Å². The fourth-order valence-corrected chi connectivity index (χ4v) is 23.6. The number of halogens is 12. The number of allylic oxidation sites excluding steroid dienone is 10. The van der Waals surface area contributed by atoms with Gasteiger partial charge in [0.1, 0.15) is 12.9 Å². The second-order valence-electron chi connectivity index (χ2n) is 37.3. The Hall–Kier alpha value is -4.47. The van der Waals surface area contributed by atoms with E-state index in [9.17, 15) is 77.4 Å². The van der Waals surface area contributed by atoms with Crippen molar-refractivity contribution in [1.29, 1.82) is 0 Å². The number of rotatable bonds is 19. The lowest BCUT2D eigenvalue weighted by atomic mass is 9.61. The summed E-state index contributed by atoms with van der Waals surface area (Å²) in [5.41, 5.74) is -3.74. The van der Waals surface area contributed by atoms with Crippen LogP contribution in [0.25, 0.3) is 0 Å². The van der Waals surface area contributed by atoms with Crippen LogP contribution >= 0.6 is 7.14 Å². The monoisotopic (exact) mass is 1650 g/mol. The molecule has 9 nitrogen and oxygen atoms in total. The van der Waals surface area contributed by atoms with Crippen molar-refractivity contribution in [3.63, 3.8) is 0 Å². The Morgan fingerprint density at radius 1 is 0.580 bits per heavy atom. The van der Waals surface area contributed by atoms with Crippen molar-refractivity contribution in [3.8, 4) is 0 Å². The lowest BCUT2D eigenvalue weighted by Gasteiger charge is -2.45. The van der Waals surface area contributed by atoms with E-state index < -0.39 is 91.0 Å². The molecule has 7 fully saturated rings. The molecule has 9 aliphatic rings. The van der Waals surface area contributed by atoms with E-state index in [4.69, 9.17) is 18.0 Å². The third kappa shape index (κ3) is 20.8. The number of aliphatic hydroxyl groups is 3. The molecule has 8 aliphatic carbocycles. The highest BCUT2D eigenvalue weighted by atomic mass is 31.2. The summed E-state index contributed by atoms with van der Waals surface area (Å²) in [5, 5.41) is 31.6. The van der Waals surface area contributed by atoms with Crippen LogP contribution in [0.1, 0.15) is 184 Å². The van der Waals surface area contributed by atoms with E-state index in [1.165, 1.54) is 38.1 Å². The minimum absolute atomic E-state index is 0.00825. The first-order chi connectivity index (χ1) is 51.4. The number of Topliss-reactive ketones (excluding diaryl/α,β-unsaturated/α-hetero) is 1. The number of ketones is 1. The lowest BCUT2D eigenvalue weighted by Crippen LogP contribution is -2.61. The highest BCUT2D eigenvalue weighted by molar-refractivity contribution is 7.78. The number of alkyl halides is 12. The summed E-state index contributed by atoms with van der Waals surface area (Å²) < 4.78 is 199. The molecule has 3 N–H and O–H groups in total. The molecule has 0 radical (unpaired) electrons. The summed E-state index contributed by atoms with van der Waals surface area (Å²) in [4.78, 5) is 12.4. The molecule has 25 heteroatoms. The van der Waals surface area contributed by atoms with Gasteiger partial charge in [-0.1, -0.05) is 188 Å². The smallest absolute Gasteiger partial charge is 0.413 e. The van der Waals surface area contributed by atoms with Crippen LogP contribution in [0.4, 0.5) is 52.7 Å². The molecule has 1 saturated heterocycles. The third-order valence-corrected chi connectivity index (χ3v) is 38.9. The molecule has 626 valence electrons. The predicted octanol–water partition coefficient (Wildman–Crippen LogP) is 23.6. The van der Waals surface area contributed by atoms with Crippen LogP contribution in [0.3, 0.4) is 0 Å². The maximum Gasteiger partial charge on any atom is 0.429 e. The van der Waals surface area contributed by atoms with Crippen LogP contribution in [0, 0.1) is 33.5 Å². The van der Waals surface area contributed by atoms with E-state index in [0.29, 0.717) is 56.7 Å². The molecule has 8 atom stereocenters. The van der Waals surface area contributed by atoms with E-state index in [0.717, 1.165) is 115 Å². The Bertz CT molecular complexity index is 3830. The Balaban J connectivity index is 0.000000205. The molecule has 0 aromatic heterocycles. The maximum absolute atomic E-state index is 14.7. The molecule has 0 bridgehead atoms. The van der Waals surface area contributed by atoms with E-state index in [2.05, 4.69) is 100.0 Å². The second-order valence-corrected chi connectivity index (χ2v) is 54.2. The summed E-state index contributed by atoms with van der Waals surface area (Å²) in [5.74, 6) is 0.268. The Morgan fingerprint density at radius 2 is 1.04 bits per heavy atom. The maximum atomic E-state index is 14.7. The van der Waals surface area contributed by atoms with Gasteiger partial charge >= 0.3 is 24.7 Å². The number of hydrogen-bond acceptors (Lipinski definition) is 9. The number of fused-ring (bicyclic) bond motifs is 2. The lowest BCUT2D eigenvalue weighted by molar-refractivity contribution is -0.347. The minimum Gasteiger partial charge on any atom is -0.413 e. The fourth-order valence-electron chi connectivity index (χ4n) is 17.2. The van der Waals surface area contributed by atoms with Gasteiger partial charge in [0, 0.05) is 55.2 Å². The van der Waals surface area contributed by atoms with E-state index >= 15 is 0 Å². The molecule has 4 unspecified atom stereocenters. The van der Waals surface area contributed by atoms with Gasteiger partial charge in [-0.25, -0.2) is 0 Å². The Labute approximate surface area is 660 Å². The molecule has 1 heterocycles. The van der Waals surface area contributed by atoms with Gasteiger partial charge in [0.05, 0.1) is 24.4 Å². The van der Waals surface area contributed by atoms with E-state index in [1.807, 2.05) is 85.8 Å². The molecule has 2 aromatic rings. The van der Waals surface area contributed by atoms with Crippen LogP contribution in [-0.4, -0.2) is 126 Å². The number of carbonyl (C=O) groups is 1. The van der Waals surface area contributed by atoms with Crippen LogP contribution in [0.5, 0.6) is 0 Å². The van der Waals surface area contributed by atoms with Crippen LogP contribution in [0.15, 0.2) is 168 Å². The van der Waals surface area contributed by atoms with Gasteiger partial charge in [-0.2, -0.15) is 52.7 Å². The first-order valence-electron chi connectivity index (χ1n) is 39.9. The van der Waals surface area contributed by atoms with E-state index in [-0.39, 0.29) is 82.1 Å². The van der Waals surface area contributed by atoms with Gasteiger partial charge in [0.15, 0.2) is 25.0 Å². The van der Waals surface area contributed by atoms with Gasteiger partial charge < -0.3 is 37.9 Å². The number of hydrogen-bond donors (Lipinski definition) is 3. The first kappa shape index (κ1) is 93.0. The highest BCUT2D eigenvalue weighted by Crippen LogP contribution is 2.69. The molecule has 6 saturated carbocycles. The molecule has 0 amide bonds. The topological polar surface area (TPSA) is 132 Å². The summed E-state index contributed by atoms with van der Waals surface area (Å²) in [7, 11) is -10.1. The van der Waals surface area contributed by atoms with Crippen molar-refractivity contribution in [2.24, 2.45) is 33.5 Å². The third-order valence-electron chi connectivity index (χ3n) is 26.0. The number of ether oxygens (including phenoxy) is 1. The molecule has 0 spiro atoms. The summed E-state index contributed by atoms with van der Waals surface area (Å²) >= 11 is 0. The molecular weight excluding hydrogens is 1530 g/mol. The minimum atomic E-state index is -5.87. The van der Waals surface area contributed by atoms with Gasteiger partial charge in [-0.05, 0) is 227 Å². The van der Waals surface area contributed by atoms with Gasteiger partial charge in [-0.15, -0.1) is 0 Å². The van der Waals surface area contributed by atoms with Crippen LogP contribution in [0.2, 0.25) is 55.9 Å². The van der Waals surface area contributed by atoms with Crippen molar-refractivity contribution in [2.45, 2.75) is 300 Å². The molecule has 11 rings (SSSR count).